The van der Waals surface area contributed by atoms with Gasteiger partial charge in [-0.1, -0.05) is 65.5 Å². The van der Waals surface area contributed by atoms with Crippen molar-refractivity contribution in [3.63, 3.8) is 0 Å². The monoisotopic (exact) mass is 1240 g/mol. The Hall–Kier alpha value is -6.13. The van der Waals surface area contributed by atoms with Crippen LogP contribution in [0, 0.1) is 46.3 Å². The lowest BCUT2D eigenvalue weighted by atomic mass is 9.47. The van der Waals surface area contributed by atoms with Gasteiger partial charge in [0.1, 0.15) is 29.5 Å². The molecule has 88 heavy (non-hydrogen) atoms. The third-order valence-corrected chi connectivity index (χ3v) is 18.8. The highest BCUT2D eigenvalue weighted by Gasteiger charge is 2.59. The van der Waals surface area contributed by atoms with E-state index in [4.69, 9.17) is 18.9 Å². The van der Waals surface area contributed by atoms with E-state index in [2.05, 4.69) is 61.6 Å². The van der Waals surface area contributed by atoms with E-state index in [0.29, 0.717) is 17.3 Å². The fourth-order valence-electron chi connectivity index (χ4n) is 14.4. The highest BCUT2D eigenvalue weighted by molar-refractivity contribution is 5.85. The molecule has 0 aromatic carbocycles. The third-order valence-electron chi connectivity index (χ3n) is 18.8. The molecule has 2 heterocycles. The van der Waals surface area contributed by atoms with Crippen LogP contribution in [-0.4, -0.2) is 191 Å². The highest BCUT2D eigenvalue weighted by atomic mass is 16.6. The molecule has 4 aliphatic carbocycles. The number of hydrogen-bond acceptors (Lipinski definition) is 14. The Morgan fingerprint density at radius 3 is 1.78 bits per heavy atom. The first-order valence-corrected chi connectivity index (χ1v) is 32.5. The van der Waals surface area contributed by atoms with Crippen LogP contribution in [0.15, 0.2) is 33.5 Å². The zero-order valence-electron chi connectivity index (χ0n) is 55.6. The Labute approximate surface area is 522 Å². The van der Waals surface area contributed by atoms with Crippen molar-refractivity contribution < 1.29 is 52.5 Å². The van der Waals surface area contributed by atoms with Crippen molar-refractivity contribution in [2.45, 2.75) is 197 Å². The molecule has 1 saturated heterocycles. The van der Waals surface area contributed by atoms with Crippen molar-refractivity contribution in [1.82, 2.24) is 50.0 Å². The smallest absolute Gasteiger partial charge is 0.410 e. The minimum atomic E-state index is -0.835. The Balaban J connectivity index is 1.03. The summed E-state index contributed by atoms with van der Waals surface area (Å²) in [5.74, 6) is 2.74. The number of nitrogens with zero attached hydrogens (tertiary/aromatic N) is 6. The lowest BCUT2D eigenvalue weighted by Gasteiger charge is -2.58. The van der Waals surface area contributed by atoms with Crippen molar-refractivity contribution in [2.24, 2.45) is 46.3 Å². The van der Waals surface area contributed by atoms with Gasteiger partial charge in [-0.3, -0.25) is 33.6 Å². The number of hydrogen-bond donors (Lipinski definition) is 4. The van der Waals surface area contributed by atoms with Gasteiger partial charge in [0.25, 0.3) is 5.56 Å². The molecule has 0 radical (unpaired) electrons. The first-order valence-electron chi connectivity index (χ1n) is 32.5. The van der Waals surface area contributed by atoms with Crippen molar-refractivity contribution in [2.75, 3.05) is 91.6 Å². The number of aromatic amines is 1. The molecule has 23 heteroatoms. The van der Waals surface area contributed by atoms with Gasteiger partial charge in [-0.25, -0.2) is 24.0 Å². The predicted octanol–water partition coefficient (Wildman–Crippen LogP) is 7.76. The molecule has 4 fully saturated rings. The second kappa shape index (κ2) is 30.6. The summed E-state index contributed by atoms with van der Waals surface area (Å²) >= 11 is 0. The van der Waals surface area contributed by atoms with Gasteiger partial charge in [-0.15, -0.1) is 0 Å². The van der Waals surface area contributed by atoms with Gasteiger partial charge in [0.2, 0.25) is 17.7 Å². The Morgan fingerprint density at radius 2 is 1.23 bits per heavy atom. The van der Waals surface area contributed by atoms with Gasteiger partial charge in [-0.05, 0) is 154 Å². The Kier molecular flexibility index (Phi) is 24.7. The number of rotatable bonds is 18. The van der Waals surface area contributed by atoms with Crippen LogP contribution in [0.2, 0.25) is 0 Å². The van der Waals surface area contributed by atoms with E-state index in [-0.39, 0.29) is 96.6 Å². The molecule has 8 atom stereocenters. The molecule has 5 aliphatic rings. The molecule has 3 saturated carbocycles. The van der Waals surface area contributed by atoms with Crippen molar-refractivity contribution in [1.29, 1.82) is 0 Å². The molecular formula is C65H108N10O13. The van der Waals surface area contributed by atoms with E-state index >= 15 is 0 Å². The second-order valence-electron chi connectivity index (χ2n) is 29.4. The SMILES string of the molecule is CC(C)CCC[C@@H](C)[C@H]1CC[C@H]2[C@@H]3CC=C4C[C@@H](OC(=O)NCCNC(=O)CN(CCNC(=O)CN5CCN(C(=O)OC(C)(C)C)CCN(C(=O)OC(C)(C)C)CCN(C(=O)OC(C)(C)C)CC5)C(=O)Cn5ccc(=O)[nH]c5=O)CC[C@]4(C)[C@H]3CC[C@]12C. The molecule has 6 rings (SSSR count). The fourth-order valence-corrected chi connectivity index (χ4v) is 14.4. The van der Waals surface area contributed by atoms with Gasteiger partial charge < -0.3 is 54.5 Å². The molecule has 4 N–H and O–H groups in total. The van der Waals surface area contributed by atoms with Crippen LogP contribution in [0.25, 0.3) is 0 Å². The topological polar surface area (TPSA) is 264 Å². The molecule has 1 aromatic heterocycles. The summed E-state index contributed by atoms with van der Waals surface area (Å²) in [6, 6.07) is 1.10. The van der Waals surface area contributed by atoms with E-state index in [1.165, 1.54) is 76.3 Å². The molecule has 7 amide bonds. The molecule has 0 bridgehead atoms. The number of nitrogens with one attached hydrogen (secondary N) is 4. The van der Waals surface area contributed by atoms with Gasteiger partial charge in [0, 0.05) is 97.2 Å². The normalized spacial score (nSPS) is 25.1. The summed E-state index contributed by atoms with van der Waals surface area (Å²) in [5.41, 5.74) is -2.01. The quantitative estimate of drug-likeness (QED) is 0.0622. The average molecular weight is 1240 g/mol. The summed E-state index contributed by atoms with van der Waals surface area (Å²) in [6.45, 7) is 27.2. The summed E-state index contributed by atoms with van der Waals surface area (Å²) in [5, 5.41) is 8.34. The number of aromatic nitrogens is 2. The maximum atomic E-state index is 13.8. The van der Waals surface area contributed by atoms with E-state index in [1.54, 1.807) is 67.2 Å². The standard InChI is InChI=1S/C65H108N10O13/c1-44(2)16-15-17-45(3)49-20-21-50-48-19-18-46-40-47(22-25-64(46,13)51(48)23-26-65(49,50)14)85-57(81)68-28-27-66-54(78)42-74(55(79)43-75-30-24-52(76)69-56(75)80)31-29-67-53(77)41-70-32-34-71(58(82)86-61(4,5)6)36-38-73(60(84)88-63(10,11)12)39-37-72(35-33-70)59(83)87-62(7,8)9/h18,24,30,44-45,47-51H,15-17,19-23,25-29,31-43H2,1-14H3,(H,66,78)(H,67,77)(H,68,81)(H,69,76,80)/t45-,47+,48+,49-,50+,51+,64+,65-/m1/s1. The number of ether oxygens (including phenoxy) is 4. The van der Waals surface area contributed by atoms with Crippen molar-refractivity contribution in [3.05, 3.63) is 44.8 Å². The number of alkyl carbamates (subject to hydrolysis) is 1. The van der Waals surface area contributed by atoms with Gasteiger partial charge in [-0.2, -0.15) is 0 Å². The first kappa shape index (κ1) is 71.0. The fraction of sp³-hybridized carbons (Fsp3) is 0.800. The number of allylic oxidation sites excluding steroid dienone is 1. The van der Waals surface area contributed by atoms with E-state index in [9.17, 15) is 43.2 Å². The number of fused-ring (bicyclic) bond motifs is 5. The highest BCUT2D eigenvalue weighted by Crippen LogP contribution is 2.67. The minimum absolute atomic E-state index is 0.0231. The van der Waals surface area contributed by atoms with Gasteiger partial charge in [0.15, 0.2) is 0 Å². The molecule has 1 aliphatic heterocycles. The third kappa shape index (κ3) is 20.7. The number of carbonyl (C=O) groups excluding carboxylic acids is 7. The number of amides is 7. The molecule has 0 spiro atoms. The zero-order valence-corrected chi connectivity index (χ0v) is 55.6. The number of H-pyrrole nitrogens is 1. The predicted molar refractivity (Wildman–Crippen MR) is 335 cm³/mol. The largest absolute Gasteiger partial charge is 0.446 e. The Bertz CT molecular complexity index is 2680. The van der Waals surface area contributed by atoms with E-state index in [1.807, 2.05) is 0 Å². The molecule has 1 aromatic rings. The minimum Gasteiger partial charge on any atom is -0.446 e. The van der Waals surface area contributed by atoms with Crippen molar-refractivity contribution >= 4 is 42.1 Å². The van der Waals surface area contributed by atoms with Gasteiger partial charge in [0.05, 0.1) is 13.1 Å². The van der Waals surface area contributed by atoms with Crippen LogP contribution in [0.3, 0.4) is 0 Å². The summed E-state index contributed by atoms with van der Waals surface area (Å²) in [6.07, 6.45) is 13.8. The second-order valence-corrected chi connectivity index (χ2v) is 29.4. The Morgan fingerprint density at radius 1 is 0.670 bits per heavy atom. The van der Waals surface area contributed by atoms with Crippen molar-refractivity contribution in [3.8, 4) is 0 Å². The first-order chi connectivity index (χ1) is 41.1. The van der Waals surface area contributed by atoms with Crippen LogP contribution in [0.4, 0.5) is 19.2 Å². The van der Waals surface area contributed by atoms with E-state index < -0.39 is 83.2 Å². The molecule has 0 unspecified atom stereocenters. The summed E-state index contributed by atoms with van der Waals surface area (Å²) in [4.78, 5) is 129. The summed E-state index contributed by atoms with van der Waals surface area (Å²) < 4.78 is 24.2. The molecule has 496 valence electrons. The average Bonchev–Trinajstić information content (AvgIpc) is 1.40. The van der Waals surface area contributed by atoms with Crippen LogP contribution < -0.4 is 27.2 Å². The number of carbonyl (C=O) groups is 7. The maximum Gasteiger partial charge on any atom is 0.410 e. The summed E-state index contributed by atoms with van der Waals surface area (Å²) in [7, 11) is 0. The van der Waals surface area contributed by atoms with E-state index in [0.717, 1.165) is 60.0 Å². The maximum absolute atomic E-state index is 13.8. The van der Waals surface area contributed by atoms with Gasteiger partial charge >= 0.3 is 30.1 Å². The van der Waals surface area contributed by atoms with Crippen LogP contribution >= 0.6 is 0 Å². The van der Waals surface area contributed by atoms with Crippen LogP contribution in [0.1, 0.15) is 168 Å². The van der Waals surface area contributed by atoms with Crippen LogP contribution in [0.5, 0.6) is 0 Å². The zero-order chi connectivity index (χ0) is 64.9. The lowest BCUT2D eigenvalue weighted by Crippen LogP contribution is -2.52. The van der Waals surface area contributed by atoms with Crippen LogP contribution in [-0.2, 0) is 39.9 Å². The molecule has 23 nitrogen and oxygen atoms in total. The molecular weight excluding hydrogens is 1130 g/mol. The lowest BCUT2D eigenvalue weighted by molar-refractivity contribution is -0.136.